The van der Waals surface area contributed by atoms with Crippen molar-refractivity contribution in [2.45, 2.75) is 13.5 Å². The van der Waals surface area contributed by atoms with E-state index >= 15 is 0 Å². The van der Waals surface area contributed by atoms with E-state index in [0.717, 1.165) is 5.56 Å². The molecule has 0 atom stereocenters. The molecule has 31 heavy (non-hydrogen) atoms. The molecule has 1 heterocycles. The Bertz CT molecular complexity index is 1280. The maximum absolute atomic E-state index is 13.3. The topological polar surface area (TPSA) is 57.5 Å². The average Bonchev–Trinajstić information content (AvgIpc) is 2.78. The number of halogens is 1. The molecule has 156 valence electrons. The van der Waals surface area contributed by atoms with Crippen molar-refractivity contribution in [1.82, 2.24) is 4.57 Å². The molecule has 0 aliphatic heterocycles. The van der Waals surface area contributed by atoms with E-state index < -0.39 is 11.4 Å². The Hall–Kier alpha value is -3.93. The van der Waals surface area contributed by atoms with Gasteiger partial charge in [0.2, 0.25) is 5.43 Å². The molecular weight excluding hydrogens is 397 g/mol. The van der Waals surface area contributed by atoms with Crippen molar-refractivity contribution in [3.63, 3.8) is 0 Å². The summed E-state index contributed by atoms with van der Waals surface area (Å²) in [4.78, 5) is 25.5. The van der Waals surface area contributed by atoms with Crippen molar-refractivity contribution in [1.29, 1.82) is 0 Å². The molecule has 6 heteroatoms. The van der Waals surface area contributed by atoms with Crippen molar-refractivity contribution in [2.24, 2.45) is 0 Å². The van der Waals surface area contributed by atoms with Crippen LogP contribution in [0.5, 0.6) is 11.5 Å². The predicted octanol–water partition coefficient (Wildman–Crippen LogP) is 5.16. The monoisotopic (exact) mass is 417 g/mol. The van der Waals surface area contributed by atoms with Gasteiger partial charge in [0, 0.05) is 12.7 Å². The fraction of sp³-hybridized carbons (Fsp3) is 0.120. The van der Waals surface area contributed by atoms with Crippen LogP contribution in [0.3, 0.4) is 0 Å². The van der Waals surface area contributed by atoms with Crippen LogP contribution in [0.4, 0.5) is 4.39 Å². The van der Waals surface area contributed by atoms with E-state index in [4.69, 9.17) is 9.47 Å². The molecule has 0 fully saturated rings. The Morgan fingerprint density at radius 2 is 1.71 bits per heavy atom. The minimum absolute atomic E-state index is 0.0617. The van der Waals surface area contributed by atoms with Gasteiger partial charge in [0.1, 0.15) is 22.9 Å². The highest BCUT2D eigenvalue weighted by molar-refractivity contribution is 5.94. The van der Waals surface area contributed by atoms with E-state index in [2.05, 4.69) is 0 Å². The van der Waals surface area contributed by atoms with Crippen LogP contribution in [0.1, 0.15) is 22.8 Å². The first-order valence-electron chi connectivity index (χ1n) is 9.87. The number of pyridine rings is 1. The van der Waals surface area contributed by atoms with Crippen LogP contribution in [0.15, 0.2) is 83.8 Å². The van der Waals surface area contributed by atoms with Crippen LogP contribution >= 0.6 is 0 Å². The van der Waals surface area contributed by atoms with Gasteiger partial charge in [-0.05, 0) is 55.0 Å². The molecule has 0 saturated carbocycles. The summed E-state index contributed by atoms with van der Waals surface area (Å²) in [5.41, 5.74) is 0.962. The molecule has 4 aromatic rings. The van der Waals surface area contributed by atoms with E-state index in [9.17, 15) is 14.0 Å². The summed E-state index contributed by atoms with van der Waals surface area (Å²) in [7, 11) is 0. The molecule has 0 radical (unpaired) electrons. The van der Waals surface area contributed by atoms with Gasteiger partial charge in [0.15, 0.2) is 0 Å². The number of aromatic nitrogens is 1. The number of fused-ring (bicyclic) bond motifs is 1. The minimum atomic E-state index is -0.684. The maximum Gasteiger partial charge on any atom is 0.343 e. The van der Waals surface area contributed by atoms with Crippen molar-refractivity contribution in [3.8, 4) is 11.5 Å². The van der Waals surface area contributed by atoms with Gasteiger partial charge in [0.25, 0.3) is 0 Å². The summed E-state index contributed by atoms with van der Waals surface area (Å²) in [6.45, 7) is 2.19. The number of esters is 1. The lowest BCUT2D eigenvalue weighted by molar-refractivity contribution is 0.0524. The summed E-state index contributed by atoms with van der Waals surface area (Å²) in [5, 5.41) is 0.334. The third-order valence-corrected chi connectivity index (χ3v) is 4.79. The third-order valence-electron chi connectivity index (χ3n) is 4.79. The number of benzene rings is 3. The Kier molecular flexibility index (Phi) is 5.80. The van der Waals surface area contributed by atoms with E-state index in [1.807, 2.05) is 30.3 Å². The lowest BCUT2D eigenvalue weighted by Gasteiger charge is -2.14. The van der Waals surface area contributed by atoms with Crippen LogP contribution in [0, 0.1) is 5.82 Å². The number of carbonyl (C=O) groups excluding carboxylic acids is 1. The molecule has 0 aliphatic carbocycles. The van der Waals surface area contributed by atoms with Crippen LogP contribution < -0.4 is 10.2 Å². The molecule has 0 amide bonds. The van der Waals surface area contributed by atoms with Gasteiger partial charge in [-0.15, -0.1) is 0 Å². The van der Waals surface area contributed by atoms with Gasteiger partial charge in [-0.25, -0.2) is 9.18 Å². The summed E-state index contributed by atoms with van der Waals surface area (Å²) in [6, 6.07) is 20.4. The zero-order valence-electron chi connectivity index (χ0n) is 16.9. The van der Waals surface area contributed by atoms with Gasteiger partial charge in [-0.2, -0.15) is 0 Å². The van der Waals surface area contributed by atoms with Gasteiger partial charge in [0.05, 0.1) is 17.5 Å². The molecule has 0 spiro atoms. The number of ether oxygens (including phenoxy) is 2. The van der Waals surface area contributed by atoms with E-state index in [1.54, 1.807) is 41.8 Å². The number of carbonyl (C=O) groups is 1. The smallest absolute Gasteiger partial charge is 0.343 e. The second kappa shape index (κ2) is 8.83. The van der Waals surface area contributed by atoms with Crippen molar-refractivity contribution in [2.75, 3.05) is 6.61 Å². The molecule has 0 unspecified atom stereocenters. The number of nitrogens with zero attached hydrogens (tertiary/aromatic N) is 1. The fourth-order valence-electron chi connectivity index (χ4n) is 3.34. The van der Waals surface area contributed by atoms with Gasteiger partial charge in [-0.3, -0.25) is 4.79 Å². The van der Waals surface area contributed by atoms with Crippen LogP contribution in [-0.2, 0) is 11.3 Å². The highest BCUT2D eigenvalue weighted by Crippen LogP contribution is 2.25. The quantitative estimate of drug-likeness (QED) is 0.407. The highest BCUT2D eigenvalue weighted by Gasteiger charge is 2.17. The maximum atomic E-state index is 13.3. The Balaban J connectivity index is 1.83. The second-order valence-electron chi connectivity index (χ2n) is 6.94. The summed E-state index contributed by atoms with van der Waals surface area (Å²) >= 11 is 0. The van der Waals surface area contributed by atoms with Crippen LogP contribution in [-0.4, -0.2) is 17.1 Å². The average molecular weight is 417 g/mol. The highest BCUT2D eigenvalue weighted by atomic mass is 19.1. The Labute approximate surface area is 178 Å². The first-order chi connectivity index (χ1) is 15.0. The molecule has 0 bridgehead atoms. The first kappa shape index (κ1) is 20.3. The number of hydrogen-bond acceptors (Lipinski definition) is 4. The predicted molar refractivity (Wildman–Crippen MR) is 116 cm³/mol. The zero-order valence-corrected chi connectivity index (χ0v) is 16.9. The molecule has 0 N–H and O–H groups in total. The largest absolute Gasteiger partial charge is 0.462 e. The van der Waals surface area contributed by atoms with Crippen molar-refractivity contribution >= 4 is 16.9 Å². The molecule has 0 saturated heterocycles. The fourth-order valence-corrected chi connectivity index (χ4v) is 3.34. The lowest BCUT2D eigenvalue weighted by atomic mass is 10.1. The van der Waals surface area contributed by atoms with Crippen LogP contribution in [0.25, 0.3) is 10.9 Å². The minimum Gasteiger partial charge on any atom is -0.462 e. The standard InChI is InChI=1S/C25H20FNO4/c1-2-30-25(29)22-16-27(15-17-8-10-18(26)11-9-17)23-13-12-20(14-21(23)24(22)28)31-19-6-4-3-5-7-19/h3-14,16H,2,15H2,1H3. The van der Waals surface area contributed by atoms with Crippen molar-refractivity contribution in [3.05, 3.63) is 106 Å². The molecule has 3 aromatic carbocycles. The second-order valence-corrected chi connectivity index (χ2v) is 6.94. The van der Waals surface area contributed by atoms with Gasteiger partial charge >= 0.3 is 5.97 Å². The van der Waals surface area contributed by atoms with Crippen molar-refractivity contribution < 1.29 is 18.7 Å². The summed E-state index contributed by atoms with van der Waals surface area (Å²) in [5.74, 6) is 0.0974. The molecular formula is C25H20FNO4. The third kappa shape index (κ3) is 4.48. The molecule has 5 nitrogen and oxygen atoms in total. The summed E-state index contributed by atoms with van der Waals surface area (Å²) < 4.78 is 26.0. The number of rotatable bonds is 6. The zero-order chi connectivity index (χ0) is 21.8. The first-order valence-corrected chi connectivity index (χ1v) is 9.87. The van der Waals surface area contributed by atoms with E-state index in [1.165, 1.54) is 18.3 Å². The van der Waals surface area contributed by atoms with Gasteiger partial charge in [-0.1, -0.05) is 30.3 Å². The molecule has 0 aliphatic rings. The Morgan fingerprint density at radius 3 is 2.42 bits per heavy atom. The van der Waals surface area contributed by atoms with E-state index in [0.29, 0.717) is 28.9 Å². The van der Waals surface area contributed by atoms with Crippen LogP contribution in [0.2, 0.25) is 0 Å². The van der Waals surface area contributed by atoms with E-state index in [-0.39, 0.29) is 18.0 Å². The van der Waals surface area contributed by atoms with Gasteiger partial charge < -0.3 is 14.0 Å². The Morgan fingerprint density at radius 1 is 0.968 bits per heavy atom. The lowest BCUT2D eigenvalue weighted by Crippen LogP contribution is -2.21. The molecule has 1 aromatic heterocycles. The normalized spacial score (nSPS) is 10.8. The number of hydrogen-bond donors (Lipinski definition) is 0. The SMILES string of the molecule is CCOC(=O)c1cn(Cc2ccc(F)cc2)c2ccc(Oc3ccccc3)cc2c1=O. The number of para-hydroxylation sites is 1. The molecule has 4 rings (SSSR count). The summed E-state index contributed by atoms with van der Waals surface area (Å²) in [6.07, 6.45) is 1.49.